The number of nitrogens with zero attached hydrogens (tertiary/aromatic N) is 1. The fourth-order valence-corrected chi connectivity index (χ4v) is 1.90. The van der Waals surface area contributed by atoms with Crippen molar-refractivity contribution in [2.75, 3.05) is 25.5 Å². The lowest BCUT2D eigenvalue weighted by Crippen LogP contribution is -2.30. The van der Waals surface area contributed by atoms with Gasteiger partial charge in [0, 0.05) is 5.69 Å². The largest absolute Gasteiger partial charge is 0.478 e. The van der Waals surface area contributed by atoms with Crippen LogP contribution in [-0.2, 0) is 4.79 Å². The monoisotopic (exact) mass is 264 g/mol. The highest BCUT2D eigenvalue weighted by atomic mass is 16.4. The number of carbonyl (C=O) groups excluding carboxylic acids is 1. The molecule has 1 rings (SSSR count). The number of carboxylic acids is 1. The molecule has 0 spiro atoms. The molecule has 0 radical (unpaired) electrons. The normalized spacial score (nSPS) is 10.5. The minimum atomic E-state index is -0.989. The predicted octanol–water partition coefficient (Wildman–Crippen LogP) is 1.97. The molecule has 0 saturated heterocycles. The van der Waals surface area contributed by atoms with E-state index >= 15 is 0 Å². The summed E-state index contributed by atoms with van der Waals surface area (Å²) in [5.41, 5.74) is 1.33. The Bertz CT molecular complexity index is 472. The van der Waals surface area contributed by atoms with E-state index in [2.05, 4.69) is 12.2 Å². The molecule has 5 heteroatoms. The van der Waals surface area contributed by atoms with Crippen molar-refractivity contribution in [2.45, 2.75) is 20.3 Å². The zero-order valence-electron chi connectivity index (χ0n) is 11.6. The van der Waals surface area contributed by atoms with E-state index in [0.29, 0.717) is 17.8 Å². The van der Waals surface area contributed by atoms with Crippen LogP contribution in [0.1, 0.15) is 29.3 Å². The van der Waals surface area contributed by atoms with Gasteiger partial charge in [0.25, 0.3) is 0 Å². The first kappa shape index (κ1) is 15.2. The maximum Gasteiger partial charge on any atom is 0.336 e. The van der Waals surface area contributed by atoms with E-state index in [4.69, 9.17) is 5.11 Å². The molecule has 104 valence electrons. The minimum absolute atomic E-state index is 0.137. The van der Waals surface area contributed by atoms with Crippen molar-refractivity contribution in [3.8, 4) is 0 Å². The van der Waals surface area contributed by atoms with Crippen LogP contribution in [0.25, 0.3) is 0 Å². The Hall–Kier alpha value is -1.88. The number of likely N-dealkylation sites (N-methyl/N-ethyl adjacent to an activating group) is 1. The number of amides is 1. The first-order chi connectivity index (χ1) is 8.95. The van der Waals surface area contributed by atoms with Crippen LogP contribution in [0.4, 0.5) is 5.69 Å². The topological polar surface area (TPSA) is 69.6 Å². The summed E-state index contributed by atoms with van der Waals surface area (Å²) in [6, 6.07) is 4.86. The Morgan fingerprint density at radius 2 is 2.05 bits per heavy atom. The van der Waals surface area contributed by atoms with E-state index in [9.17, 15) is 9.59 Å². The van der Waals surface area contributed by atoms with Crippen molar-refractivity contribution in [3.05, 3.63) is 29.3 Å². The number of nitrogens with one attached hydrogen (secondary N) is 1. The van der Waals surface area contributed by atoms with E-state index in [-0.39, 0.29) is 11.5 Å². The molecular weight excluding hydrogens is 244 g/mol. The van der Waals surface area contributed by atoms with E-state index in [0.717, 1.165) is 13.0 Å². The molecule has 0 unspecified atom stereocenters. The molecule has 19 heavy (non-hydrogen) atoms. The highest BCUT2D eigenvalue weighted by Crippen LogP contribution is 2.18. The number of carbonyl (C=O) groups is 2. The van der Waals surface area contributed by atoms with Gasteiger partial charge >= 0.3 is 5.97 Å². The molecule has 1 amide bonds. The molecule has 2 N–H and O–H groups in total. The Morgan fingerprint density at radius 1 is 1.37 bits per heavy atom. The Balaban J connectivity index is 2.75. The lowest BCUT2D eigenvalue weighted by Gasteiger charge is -2.16. The molecule has 0 bridgehead atoms. The summed E-state index contributed by atoms with van der Waals surface area (Å²) in [4.78, 5) is 24.8. The van der Waals surface area contributed by atoms with E-state index < -0.39 is 5.97 Å². The van der Waals surface area contributed by atoms with Gasteiger partial charge < -0.3 is 10.4 Å². The summed E-state index contributed by atoms with van der Waals surface area (Å²) in [6.45, 7) is 4.88. The van der Waals surface area contributed by atoms with Crippen LogP contribution in [0.5, 0.6) is 0 Å². The average Bonchev–Trinajstić information content (AvgIpc) is 2.31. The number of benzene rings is 1. The highest BCUT2D eigenvalue weighted by Gasteiger charge is 2.12. The van der Waals surface area contributed by atoms with Crippen molar-refractivity contribution in [1.82, 2.24) is 4.90 Å². The molecule has 0 aromatic heterocycles. The Kier molecular flexibility index (Phi) is 5.51. The zero-order chi connectivity index (χ0) is 14.4. The van der Waals surface area contributed by atoms with Crippen LogP contribution in [0.3, 0.4) is 0 Å². The van der Waals surface area contributed by atoms with Crippen LogP contribution in [0.2, 0.25) is 0 Å². The number of anilines is 1. The summed E-state index contributed by atoms with van der Waals surface area (Å²) < 4.78 is 0. The molecule has 0 saturated carbocycles. The van der Waals surface area contributed by atoms with Crippen LogP contribution < -0.4 is 5.32 Å². The molecule has 5 nitrogen and oxygen atoms in total. The second kappa shape index (κ2) is 6.89. The van der Waals surface area contributed by atoms with Crippen molar-refractivity contribution < 1.29 is 14.7 Å². The third kappa shape index (κ3) is 4.37. The number of hydrogen-bond donors (Lipinski definition) is 2. The SMILES string of the molecule is CCCN(C)CC(=O)Nc1cccc(C(=O)O)c1C. The maximum atomic E-state index is 11.8. The first-order valence-corrected chi connectivity index (χ1v) is 6.27. The number of carboxylic acid groups (broad SMARTS) is 1. The second-order valence-corrected chi connectivity index (χ2v) is 4.57. The van der Waals surface area contributed by atoms with Gasteiger partial charge in [-0.2, -0.15) is 0 Å². The Labute approximate surface area is 113 Å². The molecule has 0 heterocycles. The smallest absolute Gasteiger partial charge is 0.336 e. The van der Waals surface area contributed by atoms with Gasteiger partial charge in [-0.15, -0.1) is 0 Å². The van der Waals surface area contributed by atoms with E-state index in [1.807, 2.05) is 11.9 Å². The fraction of sp³-hybridized carbons (Fsp3) is 0.429. The van der Waals surface area contributed by atoms with Gasteiger partial charge in [0.2, 0.25) is 5.91 Å². The third-order valence-corrected chi connectivity index (χ3v) is 2.86. The molecule has 0 fully saturated rings. The minimum Gasteiger partial charge on any atom is -0.478 e. The van der Waals surface area contributed by atoms with Crippen molar-refractivity contribution in [1.29, 1.82) is 0 Å². The van der Waals surface area contributed by atoms with Crippen LogP contribution >= 0.6 is 0 Å². The number of hydrogen-bond acceptors (Lipinski definition) is 3. The summed E-state index contributed by atoms with van der Waals surface area (Å²) in [7, 11) is 1.88. The summed E-state index contributed by atoms with van der Waals surface area (Å²) in [5.74, 6) is -1.13. The molecule has 0 aliphatic heterocycles. The standard InChI is InChI=1S/C14H20N2O3/c1-4-8-16(3)9-13(17)15-12-7-5-6-11(10(12)2)14(18)19/h5-7H,4,8-9H2,1-3H3,(H,15,17)(H,18,19). The summed E-state index contributed by atoms with van der Waals surface area (Å²) >= 11 is 0. The molecule has 0 atom stereocenters. The average molecular weight is 264 g/mol. The van der Waals surface area contributed by atoms with Crippen molar-refractivity contribution in [3.63, 3.8) is 0 Å². The van der Waals surface area contributed by atoms with Gasteiger partial charge in [0.15, 0.2) is 0 Å². The van der Waals surface area contributed by atoms with E-state index in [1.165, 1.54) is 6.07 Å². The quantitative estimate of drug-likeness (QED) is 0.824. The predicted molar refractivity (Wildman–Crippen MR) is 74.6 cm³/mol. The van der Waals surface area contributed by atoms with E-state index in [1.54, 1.807) is 19.1 Å². The second-order valence-electron chi connectivity index (χ2n) is 4.57. The molecular formula is C14H20N2O3. The molecule has 0 aliphatic rings. The lowest BCUT2D eigenvalue weighted by atomic mass is 10.1. The van der Waals surface area contributed by atoms with Crippen LogP contribution in [0, 0.1) is 6.92 Å². The van der Waals surface area contributed by atoms with Crippen LogP contribution in [0.15, 0.2) is 18.2 Å². The lowest BCUT2D eigenvalue weighted by molar-refractivity contribution is -0.117. The van der Waals surface area contributed by atoms with Gasteiger partial charge in [0.1, 0.15) is 0 Å². The number of aromatic carboxylic acids is 1. The fourth-order valence-electron chi connectivity index (χ4n) is 1.90. The summed E-state index contributed by atoms with van der Waals surface area (Å²) in [6.07, 6.45) is 0.983. The van der Waals surface area contributed by atoms with Gasteiger partial charge in [-0.05, 0) is 44.6 Å². The van der Waals surface area contributed by atoms with Gasteiger partial charge in [-0.25, -0.2) is 4.79 Å². The number of rotatable bonds is 6. The van der Waals surface area contributed by atoms with Crippen LogP contribution in [-0.4, -0.2) is 42.0 Å². The maximum absolute atomic E-state index is 11.8. The summed E-state index contributed by atoms with van der Waals surface area (Å²) in [5, 5.41) is 11.8. The van der Waals surface area contributed by atoms with Crippen molar-refractivity contribution >= 4 is 17.6 Å². The Morgan fingerprint density at radius 3 is 2.63 bits per heavy atom. The van der Waals surface area contributed by atoms with Crippen molar-refractivity contribution in [2.24, 2.45) is 0 Å². The highest BCUT2D eigenvalue weighted by molar-refractivity contribution is 5.96. The van der Waals surface area contributed by atoms with Gasteiger partial charge in [0.05, 0.1) is 12.1 Å². The first-order valence-electron chi connectivity index (χ1n) is 6.27. The third-order valence-electron chi connectivity index (χ3n) is 2.86. The molecule has 1 aromatic rings. The van der Waals surface area contributed by atoms with Gasteiger partial charge in [-0.3, -0.25) is 9.69 Å². The van der Waals surface area contributed by atoms with Gasteiger partial charge in [-0.1, -0.05) is 13.0 Å². The molecule has 1 aromatic carbocycles. The molecule has 0 aliphatic carbocycles. The zero-order valence-corrected chi connectivity index (χ0v) is 11.6.